The molecule has 0 N–H and O–H groups in total. The largest absolute Gasteiger partial charge is 0.463 e. The van der Waals surface area contributed by atoms with Gasteiger partial charge in [-0.2, -0.15) is 0 Å². The van der Waals surface area contributed by atoms with E-state index in [1.165, 1.54) is 16.4 Å². The van der Waals surface area contributed by atoms with Crippen molar-refractivity contribution in [2.45, 2.75) is 19.4 Å². The molecule has 0 atom stereocenters. The van der Waals surface area contributed by atoms with Crippen molar-refractivity contribution in [3.05, 3.63) is 97.2 Å². The predicted molar refractivity (Wildman–Crippen MR) is 112 cm³/mol. The Hall–Kier alpha value is -2.65. The van der Waals surface area contributed by atoms with Crippen molar-refractivity contribution in [3.63, 3.8) is 0 Å². The SMILES string of the molecule is C=CCC[Si](/C=C/C=C/C(=O)OCC)(c1ccccc1)c1ccccc1. The fourth-order valence-corrected chi connectivity index (χ4v) is 7.21. The average Bonchev–Trinajstić information content (AvgIpc) is 2.69. The number of allylic oxidation sites excluding steroid dienone is 3. The van der Waals surface area contributed by atoms with E-state index < -0.39 is 8.07 Å². The van der Waals surface area contributed by atoms with Gasteiger partial charge in [-0.1, -0.05) is 84.6 Å². The van der Waals surface area contributed by atoms with Crippen LogP contribution in [0.15, 0.2) is 97.2 Å². The molecule has 0 aliphatic carbocycles. The summed E-state index contributed by atoms with van der Waals surface area (Å²) in [6.45, 7) is 6.11. The molecule has 0 heterocycles. The van der Waals surface area contributed by atoms with E-state index in [0.29, 0.717) is 6.61 Å². The first kappa shape index (κ1) is 19.7. The molecule has 0 fully saturated rings. The van der Waals surface area contributed by atoms with Gasteiger partial charge in [-0.15, -0.1) is 6.58 Å². The third kappa shape index (κ3) is 5.17. The molecule has 3 heteroatoms. The standard InChI is InChI=1S/C23H26O2Si/c1-3-5-19-26(21-14-8-6-9-15-21,22-16-10-7-11-17-22)20-13-12-18-23(24)25-4-2/h3,6-18,20H,1,4-5,19H2,2H3/b18-12+,20-13+. The molecule has 0 unspecified atom stereocenters. The van der Waals surface area contributed by atoms with Gasteiger partial charge in [-0.05, 0) is 29.8 Å². The smallest absolute Gasteiger partial charge is 0.330 e. The number of hydrogen-bond donors (Lipinski definition) is 0. The van der Waals surface area contributed by atoms with Gasteiger partial charge in [0, 0.05) is 6.08 Å². The van der Waals surface area contributed by atoms with Crippen LogP contribution in [0.5, 0.6) is 0 Å². The fourth-order valence-electron chi connectivity index (χ4n) is 3.08. The summed E-state index contributed by atoms with van der Waals surface area (Å²) < 4.78 is 4.95. The van der Waals surface area contributed by atoms with Crippen LogP contribution >= 0.6 is 0 Å². The topological polar surface area (TPSA) is 26.3 Å². The van der Waals surface area contributed by atoms with E-state index in [0.717, 1.165) is 12.5 Å². The lowest BCUT2D eigenvalue weighted by Crippen LogP contribution is -2.56. The zero-order valence-corrected chi connectivity index (χ0v) is 16.3. The van der Waals surface area contributed by atoms with Crippen molar-refractivity contribution < 1.29 is 9.53 Å². The number of esters is 1. The van der Waals surface area contributed by atoms with Gasteiger partial charge in [0.05, 0.1) is 6.61 Å². The molecule has 26 heavy (non-hydrogen) atoms. The summed E-state index contributed by atoms with van der Waals surface area (Å²) >= 11 is 0. The summed E-state index contributed by atoms with van der Waals surface area (Å²) in [5.41, 5.74) is 2.30. The van der Waals surface area contributed by atoms with Gasteiger partial charge in [-0.25, -0.2) is 4.79 Å². The van der Waals surface area contributed by atoms with Gasteiger partial charge in [0.15, 0.2) is 0 Å². The van der Waals surface area contributed by atoms with Crippen molar-refractivity contribution in [2.75, 3.05) is 6.61 Å². The van der Waals surface area contributed by atoms with Crippen LogP contribution in [-0.2, 0) is 9.53 Å². The summed E-state index contributed by atoms with van der Waals surface area (Å²) in [7, 11) is -2.11. The predicted octanol–water partition coefficient (Wildman–Crippen LogP) is 4.04. The first-order chi connectivity index (χ1) is 12.7. The highest BCUT2D eigenvalue weighted by Gasteiger charge is 2.33. The maximum Gasteiger partial charge on any atom is 0.330 e. The van der Waals surface area contributed by atoms with E-state index in [1.807, 2.05) is 24.3 Å². The van der Waals surface area contributed by atoms with E-state index >= 15 is 0 Å². The summed E-state index contributed by atoms with van der Waals surface area (Å²) in [6.07, 6.45) is 8.17. The Bertz CT molecular complexity index is 709. The first-order valence-corrected chi connectivity index (χ1v) is 11.3. The van der Waals surface area contributed by atoms with Gasteiger partial charge in [0.25, 0.3) is 0 Å². The molecule has 2 rings (SSSR count). The number of hydrogen-bond acceptors (Lipinski definition) is 2. The molecule has 0 saturated carbocycles. The number of benzene rings is 2. The van der Waals surface area contributed by atoms with Crippen molar-refractivity contribution in [1.29, 1.82) is 0 Å². The molecule has 0 aliphatic heterocycles. The van der Waals surface area contributed by atoms with Gasteiger partial charge in [0.1, 0.15) is 8.07 Å². The first-order valence-electron chi connectivity index (χ1n) is 8.97. The monoisotopic (exact) mass is 362 g/mol. The van der Waals surface area contributed by atoms with Crippen LogP contribution < -0.4 is 10.4 Å². The number of carbonyl (C=O) groups is 1. The molecular formula is C23H26O2Si. The van der Waals surface area contributed by atoms with Gasteiger partial charge in [-0.3, -0.25) is 0 Å². The Balaban J connectivity index is 2.45. The molecule has 0 bridgehead atoms. The molecule has 0 saturated heterocycles. The third-order valence-corrected chi connectivity index (χ3v) is 8.90. The molecule has 2 nitrogen and oxygen atoms in total. The molecule has 0 radical (unpaired) electrons. The van der Waals surface area contributed by atoms with Crippen molar-refractivity contribution in [2.24, 2.45) is 0 Å². The Morgan fingerprint density at radius 1 is 1.00 bits per heavy atom. The van der Waals surface area contributed by atoms with Crippen LogP contribution in [0.1, 0.15) is 13.3 Å². The van der Waals surface area contributed by atoms with E-state index in [1.54, 1.807) is 13.0 Å². The molecule has 134 valence electrons. The Morgan fingerprint density at radius 2 is 1.58 bits per heavy atom. The van der Waals surface area contributed by atoms with Crippen LogP contribution in [0, 0.1) is 0 Å². The lowest BCUT2D eigenvalue weighted by Gasteiger charge is -2.29. The van der Waals surface area contributed by atoms with Crippen LogP contribution in [0.3, 0.4) is 0 Å². The second kappa shape index (κ2) is 10.4. The average molecular weight is 363 g/mol. The van der Waals surface area contributed by atoms with Gasteiger partial charge in [0.2, 0.25) is 0 Å². The Morgan fingerprint density at radius 3 is 2.08 bits per heavy atom. The minimum Gasteiger partial charge on any atom is -0.463 e. The van der Waals surface area contributed by atoms with Gasteiger partial charge >= 0.3 is 5.97 Å². The molecule has 2 aromatic rings. The normalized spacial score (nSPS) is 11.7. The third-order valence-electron chi connectivity index (χ3n) is 4.33. The fraction of sp³-hybridized carbons (Fsp3) is 0.174. The quantitative estimate of drug-likeness (QED) is 0.221. The summed E-state index contributed by atoms with van der Waals surface area (Å²) in [6, 6.07) is 22.3. The molecule has 0 aromatic heterocycles. The van der Waals surface area contributed by atoms with E-state index in [9.17, 15) is 4.79 Å². The highest BCUT2D eigenvalue weighted by molar-refractivity contribution is 7.06. The highest BCUT2D eigenvalue weighted by Crippen LogP contribution is 2.16. The molecule has 2 aromatic carbocycles. The van der Waals surface area contributed by atoms with E-state index in [4.69, 9.17) is 4.74 Å². The van der Waals surface area contributed by atoms with Crippen molar-refractivity contribution >= 4 is 24.4 Å². The molecule has 0 aliphatic rings. The second-order valence-corrected chi connectivity index (χ2v) is 9.93. The summed E-state index contributed by atoms with van der Waals surface area (Å²) in [5.74, 6) is -0.310. The maximum atomic E-state index is 11.5. The van der Waals surface area contributed by atoms with Crippen LogP contribution in [0.25, 0.3) is 0 Å². The second-order valence-electron chi connectivity index (χ2n) is 6.00. The Labute approximate surface area is 157 Å². The zero-order chi connectivity index (χ0) is 18.7. The highest BCUT2D eigenvalue weighted by atomic mass is 28.3. The summed E-state index contributed by atoms with van der Waals surface area (Å²) in [5, 5.41) is 2.71. The van der Waals surface area contributed by atoms with Crippen LogP contribution in [0.4, 0.5) is 0 Å². The van der Waals surface area contributed by atoms with Crippen molar-refractivity contribution in [1.82, 2.24) is 0 Å². The molecule has 0 spiro atoms. The van der Waals surface area contributed by atoms with E-state index in [2.05, 4.69) is 60.8 Å². The van der Waals surface area contributed by atoms with Crippen LogP contribution in [-0.4, -0.2) is 20.7 Å². The molecular weight excluding hydrogens is 336 g/mol. The lowest BCUT2D eigenvalue weighted by molar-refractivity contribution is -0.137. The van der Waals surface area contributed by atoms with Crippen molar-refractivity contribution in [3.8, 4) is 0 Å². The minimum atomic E-state index is -2.11. The minimum absolute atomic E-state index is 0.310. The Kier molecular flexibility index (Phi) is 7.84. The lowest BCUT2D eigenvalue weighted by atomic mass is 10.4. The summed E-state index contributed by atoms with van der Waals surface area (Å²) in [4.78, 5) is 11.5. The number of carbonyl (C=O) groups excluding carboxylic acids is 1. The number of rotatable bonds is 9. The zero-order valence-electron chi connectivity index (χ0n) is 15.3. The molecule has 0 amide bonds. The number of ether oxygens (including phenoxy) is 1. The maximum absolute atomic E-state index is 11.5. The van der Waals surface area contributed by atoms with Gasteiger partial charge < -0.3 is 4.74 Å². The van der Waals surface area contributed by atoms with Crippen LogP contribution in [0.2, 0.25) is 6.04 Å². The van der Waals surface area contributed by atoms with E-state index in [-0.39, 0.29) is 5.97 Å².